The normalized spacial score (nSPS) is 29.0. The van der Waals surface area contributed by atoms with Gasteiger partial charge in [0.05, 0.1) is 18.8 Å². The fraction of sp³-hybridized carbons (Fsp3) is 0.933. The second kappa shape index (κ2) is 7.85. The maximum absolute atomic E-state index is 12.3. The van der Waals surface area contributed by atoms with Crippen LogP contribution in [0.25, 0.3) is 0 Å². The van der Waals surface area contributed by atoms with Crippen molar-refractivity contribution >= 4 is 5.91 Å². The van der Waals surface area contributed by atoms with E-state index in [1.54, 1.807) is 0 Å². The summed E-state index contributed by atoms with van der Waals surface area (Å²) < 4.78 is 5.67. The van der Waals surface area contributed by atoms with E-state index in [4.69, 9.17) is 4.74 Å². The lowest BCUT2D eigenvalue weighted by atomic mass is 10.0. The van der Waals surface area contributed by atoms with Gasteiger partial charge in [0.15, 0.2) is 0 Å². The van der Waals surface area contributed by atoms with Gasteiger partial charge in [-0.1, -0.05) is 12.8 Å². The first-order chi connectivity index (χ1) is 9.31. The molecule has 0 radical (unpaired) electrons. The van der Waals surface area contributed by atoms with Crippen molar-refractivity contribution in [3.8, 4) is 0 Å². The number of aliphatic hydroxyl groups is 1. The molecule has 0 bridgehead atoms. The lowest BCUT2D eigenvalue weighted by Gasteiger charge is -2.30. The minimum absolute atomic E-state index is 0.0438. The number of hydrogen-bond acceptors (Lipinski definition) is 3. The molecule has 2 aliphatic heterocycles. The summed E-state index contributed by atoms with van der Waals surface area (Å²) in [7, 11) is 0. The predicted molar refractivity (Wildman–Crippen MR) is 73.9 cm³/mol. The van der Waals surface area contributed by atoms with E-state index in [1.807, 2.05) is 4.90 Å². The third-order valence-electron chi connectivity index (χ3n) is 4.36. The molecule has 19 heavy (non-hydrogen) atoms. The summed E-state index contributed by atoms with van der Waals surface area (Å²) in [5, 5.41) is 9.43. The van der Waals surface area contributed by atoms with Crippen molar-refractivity contribution in [3.63, 3.8) is 0 Å². The Morgan fingerprint density at radius 1 is 1.16 bits per heavy atom. The van der Waals surface area contributed by atoms with E-state index in [1.165, 1.54) is 12.8 Å². The van der Waals surface area contributed by atoms with Crippen LogP contribution < -0.4 is 0 Å². The average molecular weight is 269 g/mol. The molecule has 4 heteroatoms. The molecule has 0 spiro atoms. The van der Waals surface area contributed by atoms with Gasteiger partial charge < -0.3 is 14.7 Å². The number of carbonyl (C=O) groups is 1. The summed E-state index contributed by atoms with van der Waals surface area (Å²) in [5.41, 5.74) is 0. The summed E-state index contributed by atoms with van der Waals surface area (Å²) in [6.07, 6.45) is 9.48. The molecule has 2 fully saturated rings. The summed E-state index contributed by atoms with van der Waals surface area (Å²) >= 11 is 0. The zero-order chi connectivity index (χ0) is 13.5. The SMILES string of the molecule is O=C(CCC1CCCCO1)N1CCCCCC1CO. The molecule has 2 aliphatic rings. The Labute approximate surface area is 116 Å². The van der Waals surface area contributed by atoms with Gasteiger partial charge in [-0.25, -0.2) is 0 Å². The number of rotatable bonds is 4. The van der Waals surface area contributed by atoms with Gasteiger partial charge in [-0.2, -0.15) is 0 Å². The van der Waals surface area contributed by atoms with E-state index in [0.29, 0.717) is 6.42 Å². The Balaban J connectivity index is 1.79. The van der Waals surface area contributed by atoms with E-state index in [0.717, 1.165) is 51.7 Å². The first-order valence-corrected chi connectivity index (χ1v) is 7.83. The lowest BCUT2D eigenvalue weighted by Crippen LogP contribution is -2.42. The van der Waals surface area contributed by atoms with Crippen molar-refractivity contribution < 1.29 is 14.6 Å². The van der Waals surface area contributed by atoms with E-state index in [-0.39, 0.29) is 24.7 Å². The Hall–Kier alpha value is -0.610. The number of amides is 1. The third-order valence-corrected chi connectivity index (χ3v) is 4.36. The highest BCUT2D eigenvalue weighted by Gasteiger charge is 2.25. The molecule has 110 valence electrons. The second-order valence-electron chi connectivity index (χ2n) is 5.80. The van der Waals surface area contributed by atoms with Gasteiger partial charge in [-0.15, -0.1) is 0 Å². The molecule has 0 aromatic rings. The number of carbonyl (C=O) groups excluding carboxylic acids is 1. The van der Waals surface area contributed by atoms with E-state index < -0.39 is 0 Å². The van der Waals surface area contributed by atoms with Crippen LogP contribution >= 0.6 is 0 Å². The molecule has 1 N–H and O–H groups in total. The van der Waals surface area contributed by atoms with Crippen LogP contribution in [0.1, 0.15) is 57.8 Å². The highest BCUT2D eigenvalue weighted by molar-refractivity contribution is 5.76. The number of hydrogen-bond donors (Lipinski definition) is 1. The molecular weight excluding hydrogens is 242 g/mol. The topological polar surface area (TPSA) is 49.8 Å². The van der Waals surface area contributed by atoms with E-state index in [9.17, 15) is 9.90 Å². The van der Waals surface area contributed by atoms with Crippen molar-refractivity contribution in [1.82, 2.24) is 4.90 Å². The van der Waals surface area contributed by atoms with Crippen LogP contribution in [0, 0.1) is 0 Å². The molecule has 4 nitrogen and oxygen atoms in total. The molecule has 2 rings (SSSR count). The van der Waals surface area contributed by atoms with Gasteiger partial charge in [0.2, 0.25) is 5.91 Å². The smallest absolute Gasteiger partial charge is 0.222 e. The maximum Gasteiger partial charge on any atom is 0.222 e. The fourth-order valence-electron chi connectivity index (χ4n) is 3.16. The Bertz CT molecular complexity index is 277. The molecule has 1 amide bonds. The quantitative estimate of drug-likeness (QED) is 0.850. The molecule has 2 heterocycles. The molecular formula is C15H27NO3. The van der Waals surface area contributed by atoms with Crippen molar-refractivity contribution in [2.75, 3.05) is 19.8 Å². The van der Waals surface area contributed by atoms with Gasteiger partial charge >= 0.3 is 0 Å². The van der Waals surface area contributed by atoms with E-state index >= 15 is 0 Å². The highest BCUT2D eigenvalue weighted by Crippen LogP contribution is 2.21. The van der Waals surface area contributed by atoms with Gasteiger partial charge in [-0.05, 0) is 38.5 Å². The maximum atomic E-state index is 12.3. The Kier molecular flexibility index (Phi) is 6.11. The zero-order valence-corrected chi connectivity index (χ0v) is 11.9. The average Bonchev–Trinajstić information content (AvgIpc) is 2.71. The molecule has 0 saturated carbocycles. The van der Waals surface area contributed by atoms with Crippen molar-refractivity contribution in [3.05, 3.63) is 0 Å². The number of aliphatic hydroxyl groups excluding tert-OH is 1. The summed E-state index contributed by atoms with van der Waals surface area (Å²) in [4.78, 5) is 14.2. The second-order valence-corrected chi connectivity index (χ2v) is 5.80. The molecule has 2 unspecified atom stereocenters. The van der Waals surface area contributed by atoms with Crippen LogP contribution in [0.5, 0.6) is 0 Å². The van der Waals surface area contributed by atoms with Gasteiger partial charge in [-0.3, -0.25) is 4.79 Å². The van der Waals surface area contributed by atoms with Crippen molar-refractivity contribution in [2.24, 2.45) is 0 Å². The van der Waals surface area contributed by atoms with Gasteiger partial charge in [0, 0.05) is 19.6 Å². The van der Waals surface area contributed by atoms with E-state index in [2.05, 4.69) is 0 Å². The molecule has 2 saturated heterocycles. The number of nitrogens with zero attached hydrogens (tertiary/aromatic N) is 1. The van der Waals surface area contributed by atoms with Crippen LogP contribution in [-0.4, -0.2) is 47.8 Å². The molecule has 0 aliphatic carbocycles. The minimum Gasteiger partial charge on any atom is -0.394 e. The largest absolute Gasteiger partial charge is 0.394 e. The summed E-state index contributed by atoms with van der Waals surface area (Å²) in [6, 6.07) is 0.0438. The van der Waals surface area contributed by atoms with Gasteiger partial charge in [0.1, 0.15) is 0 Å². The lowest BCUT2D eigenvalue weighted by molar-refractivity contribution is -0.135. The number of likely N-dealkylation sites (tertiary alicyclic amines) is 1. The van der Waals surface area contributed by atoms with Crippen molar-refractivity contribution in [2.45, 2.75) is 69.9 Å². The third kappa shape index (κ3) is 4.46. The first kappa shape index (κ1) is 14.8. The zero-order valence-electron chi connectivity index (χ0n) is 11.9. The number of ether oxygens (including phenoxy) is 1. The highest BCUT2D eigenvalue weighted by atomic mass is 16.5. The predicted octanol–water partition coefficient (Wildman–Crippen LogP) is 2.10. The Morgan fingerprint density at radius 3 is 2.74 bits per heavy atom. The minimum atomic E-state index is 0.0438. The fourth-order valence-corrected chi connectivity index (χ4v) is 3.16. The van der Waals surface area contributed by atoms with Crippen LogP contribution in [0.2, 0.25) is 0 Å². The van der Waals surface area contributed by atoms with Crippen LogP contribution in [-0.2, 0) is 9.53 Å². The molecule has 0 aromatic heterocycles. The summed E-state index contributed by atoms with van der Waals surface area (Å²) in [5.74, 6) is 0.204. The molecule has 2 atom stereocenters. The monoisotopic (exact) mass is 269 g/mol. The molecule has 0 aromatic carbocycles. The van der Waals surface area contributed by atoms with Crippen LogP contribution in [0.3, 0.4) is 0 Å². The Morgan fingerprint density at radius 2 is 2.00 bits per heavy atom. The van der Waals surface area contributed by atoms with Crippen LogP contribution in [0.15, 0.2) is 0 Å². The first-order valence-electron chi connectivity index (χ1n) is 7.83. The standard InChI is InChI=1S/C15H27NO3/c17-12-13-6-2-1-4-10-16(13)15(18)9-8-14-7-3-5-11-19-14/h13-14,17H,1-12H2. The van der Waals surface area contributed by atoms with Crippen molar-refractivity contribution in [1.29, 1.82) is 0 Å². The van der Waals surface area contributed by atoms with Gasteiger partial charge in [0.25, 0.3) is 0 Å². The summed E-state index contributed by atoms with van der Waals surface area (Å²) in [6.45, 7) is 1.77. The van der Waals surface area contributed by atoms with Crippen LogP contribution in [0.4, 0.5) is 0 Å².